The standard InChI is InChI=1S/C17H18ClNO4S/c1-3-23-16-13(18)9-7-10-14(16)19-17(20)12-8-5-6-11-15(12)24(21,22)4-2/h5-11H,3-4H2,1-2H3,(H,19,20). The lowest BCUT2D eigenvalue weighted by Crippen LogP contribution is -2.17. The maximum absolute atomic E-state index is 12.6. The Bertz CT molecular complexity index is 849. The van der Waals surface area contributed by atoms with Crippen molar-refractivity contribution in [1.82, 2.24) is 0 Å². The smallest absolute Gasteiger partial charge is 0.257 e. The highest BCUT2D eigenvalue weighted by Gasteiger charge is 2.21. The van der Waals surface area contributed by atoms with Gasteiger partial charge in [0.05, 0.1) is 33.5 Å². The van der Waals surface area contributed by atoms with Gasteiger partial charge in [-0.1, -0.05) is 36.7 Å². The molecule has 0 saturated carbocycles. The molecule has 0 bridgehead atoms. The van der Waals surface area contributed by atoms with Crippen LogP contribution in [0.25, 0.3) is 0 Å². The molecule has 0 atom stereocenters. The van der Waals surface area contributed by atoms with E-state index in [1.165, 1.54) is 19.1 Å². The molecule has 5 nitrogen and oxygen atoms in total. The summed E-state index contributed by atoms with van der Waals surface area (Å²) < 4.78 is 29.8. The zero-order chi connectivity index (χ0) is 17.7. The molecule has 128 valence electrons. The number of anilines is 1. The Kier molecular flexibility index (Phi) is 5.85. The van der Waals surface area contributed by atoms with Crippen molar-refractivity contribution in [3.8, 4) is 5.75 Å². The van der Waals surface area contributed by atoms with Crippen LogP contribution in [-0.2, 0) is 9.84 Å². The molecule has 0 fully saturated rings. The summed E-state index contributed by atoms with van der Waals surface area (Å²) in [6.07, 6.45) is 0. The molecule has 0 heterocycles. The molecule has 0 spiro atoms. The second kappa shape index (κ2) is 7.68. The second-order valence-electron chi connectivity index (χ2n) is 4.90. The van der Waals surface area contributed by atoms with E-state index in [0.29, 0.717) is 23.1 Å². The number of hydrogen-bond acceptors (Lipinski definition) is 4. The second-order valence-corrected chi connectivity index (χ2v) is 7.56. The highest BCUT2D eigenvalue weighted by Crippen LogP contribution is 2.33. The highest BCUT2D eigenvalue weighted by atomic mass is 35.5. The molecule has 0 aliphatic carbocycles. The first kappa shape index (κ1) is 18.3. The van der Waals surface area contributed by atoms with Crippen LogP contribution < -0.4 is 10.1 Å². The topological polar surface area (TPSA) is 72.5 Å². The Labute approximate surface area is 146 Å². The number of ether oxygens (including phenoxy) is 1. The third-order valence-electron chi connectivity index (χ3n) is 3.35. The summed E-state index contributed by atoms with van der Waals surface area (Å²) in [6, 6.07) is 11.1. The SMILES string of the molecule is CCOc1c(Cl)cccc1NC(=O)c1ccccc1S(=O)(=O)CC. The average molecular weight is 368 g/mol. The fraction of sp³-hybridized carbons (Fsp3) is 0.235. The van der Waals surface area contributed by atoms with E-state index < -0.39 is 15.7 Å². The predicted octanol–water partition coefficient (Wildman–Crippen LogP) is 3.78. The molecule has 2 rings (SSSR count). The first-order valence-electron chi connectivity index (χ1n) is 7.45. The van der Waals surface area contributed by atoms with Crippen LogP contribution >= 0.6 is 11.6 Å². The Hall–Kier alpha value is -2.05. The van der Waals surface area contributed by atoms with E-state index in [0.717, 1.165) is 0 Å². The van der Waals surface area contributed by atoms with Crippen molar-refractivity contribution < 1.29 is 17.9 Å². The molecular formula is C17H18ClNO4S. The van der Waals surface area contributed by atoms with Gasteiger partial charge in [0.15, 0.2) is 15.6 Å². The molecule has 0 radical (unpaired) electrons. The molecule has 24 heavy (non-hydrogen) atoms. The van der Waals surface area contributed by atoms with Gasteiger partial charge < -0.3 is 10.1 Å². The van der Waals surface area contributed by atoms with E-state index in [1.54, 1.807) is 37.3 Å². The van der Waals surface area contributed by atoms with E-state index in [2.05, 4.69) is 5.32 Å². The number of rotatable bonds is 6. The van der Waals surface area contributed by atoms with Crippen LogP contribution in [0.4, 0.5) is 5.69 Å². The van der Waals surface area contributed by atoms with E-state index in [1.807, 2.05) is 0 Å². The molecule has 0 aliphatic heterocycles. The molecule has 1 N–H and O–H groups in total. The van der Waals surface area contributed by atoms with Gasteiger partial charge in [0, 0.05) is 0 Å². The first-order valence-corrected chi connectivity index (χ1v) is 9.48. The van der Waals surface area contributed by atoms with Gasteiger partial charge in [-0.25, -0.2) is 8.42 Å². The highest BCUT2D eigenvalue weighted by molar-refractivity contribution is 7.91. The summed E-state index contributed by atoms with van der Waals surface area (Å²) in [4.78, 5) is 12.6. The van der Waals surface area contributed by atoms with Crippen LogP contribution in [0.5, 0.6) is 5.75 Å². The molecule has 7 heteroatoms. The quantitative estimate of drug-likeness (QED) is 0.843. The van der Waals surface area contributed by atoms with Crippen LogP contribution in [-0.4, -0.2) is 26.7 Å². The summed E-state index contributed by atoms with van der Waals surface area (Å²) in [5.41, 5.74) is 0.472. The van der Waals surface area contributed by atoms with Gasteiger partial charge in [0.25, 0.3) is 5.91 Å². The van der Waals surface area contributed by atoms with Crippen molar-refractivity contribution in [1.29, 1.82) is 0 Å². The zero-order valence-corrected chi connectivity index (χ0v) is 14.9. The van der Waals surface area contributed by atoms with Gasteiger partial charge in [-0.2, -0.15) is 0 Å². The number of nitrogens with one attached hydrogen (secondary N) is 1. The minimum absolute atomic E-state index is 0.00462. The monoisotopic (exact) mass is 367 g/mol. The number of amides is 1. The van der Waals surface area contributed by atoms with Crippen molar-refractivity contribution in [2.75, 3.05) is 17.7 Å². The first-order chi connectivity index (χ1) is 11.4. The van der Waals surface area contributed by atoms with E-state index >= 15 is 0 Å². The summed E-state index contributed by atoms with van der Waals surface area (Å²) in [7, 11) is -3.51. The van der Waals surface area contributed by atoms with Gasteiger partial charge in [-0.05, 0) is 31.2 Å². The molecule has 2 aromatic rings. The number of para-hydroxylation sites is 1. The van der Waals surface area contributed by atoms with Gasteiger partial charge in [-0.15, -0.1) is 0 Å². The summed E-state index contributed by atoms with van der Waals surface area (Å²) in [6.45, 7) is 3.72. The number of halogens is 1. The van der Waals surface area contributed by atoms with Crippen LogP contribution in [0.3, 0.4) is 0 Å². The van der Waals surface area contributed by atoms with Gasteiger partial charge in [-0.3, -0.25) is 4.79 Å². The maximum atomic E-state index is 12.6. The van der Waals surface area contributed by atoms with Crippen LogP contribution in [0.1, 0.15) is 24.2 Å². The van der Waals surface area contributed by atoms with Gasteiger partial charge in [0.2, 0.25) is 0 Å². The van der Waals surface area contributed by atoms with Crippen LogP contribution in [0.2, 0.25) is 5.02 Å². The number of carbonyl (C=O) groups is 1. The molecular weight excluding hydrogens is 350 g/mol. The van der Waals surface area contributed by atoms with E-state index in [-0.39, 0.29) is 16.2 Å². The van der Waals surface area contributed by atoms with Gasteiger partial charge >= 0.3 is 0 Å². The number of benzene rings is 2. The zero-order valence-electron chi connectivity index (χ0n) is 13.4. The Balaban J connectivity index is 2.41. The van der Waals surface area contributed by atoms with E-state index in [4.69, 9.17) is 16.3 Å². The maximum Gasteiger partial charge on any atom is 0.257 e. The third-order valence-corrected chi connectivity index (χ3v) is 5.43. The Morgan fingerprint density at radius 3 is 2.50 bits per heavy atom. The average Bonchev–Trinajstić information content (AvgIpc) is 2.58. The molecule has 2 aromatic carbocycles. The minimum atomic E-state index is -3.51. The summed E-state index contributed by atoms with van der Waals surface area (Å²) in [5.74, 6) is -0.268. The fourth-order valence-corrected chi connectivity index (χ4v) is 3.49. The number of hydrogen-bond donors (Lipinski definition) is 1. The van der Waals surface area contributed by atoms with Crippen LogP contribution in [0, 0.1) is 0 Å². The minimum Gasteiger partial charge on any atom is -0.490 e. The number of carbonyl (C=O) groups excluding carboxylic acids is 1. The summed E-state index contributed by atoms with van der Waals surface area (Å²) in [5, 5.41) is 3.04. The molecule has 0 unspecified atom stereocenters. The third kappa shape index (κ3) is 3.88. The van der Waals surface area contributed by atoms with E-state index in [9.17, 15) is 13.2 Å². The Morgan fingerprint density at radius 1 is 1.12 bits per heavy atom. The van der Waals surface area contributed by atoms with Gasteiger partial charge in [0.1, 0.15) is 0 Å². The lowest BCUT2D eigenvalue weighted by atomic mass is 10.2. The number of sulfone groups is 1. The van der Waals surface area contributed by atoms with Crippen molar-refractivity contribution >= 4 is 33.0 Å². The lowest BCUT2D eigenvalue weighted by Gasteiger charge is -2.14. The normalized spacial score (nSPS) is 11.1. The van der Waals surface area contributed by atoms with Crippen molar-refractivity contribution in [3.63, 3.8) is 0 Å². The summed E-state index contributed by atoms with van der Waals surface area (Å²) >= 11 is 6.09. The van der Waals surface area contributed by atoms with Crippen molar-refractivity contribution in [2.45, 2.75) is 18.7 Å². The molecule has 0 aliphatic rings. The largest absolute Gasteiger partial charge is 0.490 e. The van der Waals surface area contributed by atoms with Crippen molar-refractivity contribution in [2.24, 2.45) is 0 Å². The Morgan fingerprint density at radius 2 is 1.83 bits per heavy atom. The lowest BCUT2D eigenvalue weighted by molar-refractivity contribution is 0.102. The predicted molar refractivity (Wildman–Crippen MR) is 94.7 cm³/mol. The molecule has 0 saturated heterocycles. The van der Waals surface area contributed by atoms with Crippen LogP contribution in [0.15, 0.2) is 47.4 Å². The molecule has 0 aromatic heterocycles. The molecule has 1 amide bonds. The van der Waals surface area contributed by atoms with Crippen molar-refractivity contribution in [3.05, 3.63) is 53.1 Å². The fourth-order valence-electron chi connectivity index (χ4n) is 2.17.